The van der Waals surface area contributed by atoms with Gasteiger partial charge in [-0.25, -0.2) is 8.78 Å². The highest BCUT2D eigenvalue weighted by atomic mass is 79.9. The number of aliphatic hydroxyl groups excluding tert-OH is 1. The molecule has 1 unspecified atom stereocenters. The normalized spacial score (nSPS) is 12.7. The van der Waals surface area contributed by atoms with Gasteiger partial charge in [0.1, 0.15) is 11.6 Å². The third-order valence-electron chi connectivity index (χ3n) is 2.38. The second kappa shape index (κ2) is 5.25. The third-order valence-corrected chi connectivity index (χ3v) is 4.35. The van der Waals surface area contributed by atoms with E-state index in [-0.39, 0.29) is 6.42 Å². The SMILES string of the molecule is OC(Cc1ccc(F)cc1F)c1sccc1Br. The van der Waals surface area contributed by atoms with Crippen molar-refractivity contribution < 1.29 is 13.9 Å². The summed E-state index contributed by atoms with van der Waals surface area (Å²) in [6.45, 7) is 0. The van der Waals surface area contributed by atoms with Crippen molar-refractivity contribution in [1.82, 2.24) is 0 Å². The molecule has 0 radical (unpaired) electrons. The molecule has 0 fully saturated rings. The minimum atomic E-state index is -0.788. The van der Waals surface area contributed by atoms with Crippen LogP contribution in [0.5, 0.6) is 0 Å². The monoisotopic (exact) mass is 318 g/mol. The molecule has 1 heterocycles. The van der Waals surface area contributed by atoms with Crippen LogP contribution in [0.25, 0.3) is 0 Å². The zero-order valence-electron chi connectivity index (χ0n) is 8.66. The van der Waals surface area contributed by atoms with E-state index in [1.54, 1.807) is 0 Å². The van der Waals surface area contributed by atoms with Crippen LogP contribution in [0.2, 0.25) is 0 Å². The molecule has 90 valence electrons. The molecule has 5 heteroatoms. The molecule has 2 aromatic rings. The van der Waals surface area contributed by atoms with Crippen molar-refractivity contribution >= 4 is 27.3 Å². The number of benzene rings is 1. The fraction of sp³-hybridized carbons (Fsp3) is 0.167. The molecule has 1 nitrogen and oxygen atoms in total. The van der Waals surface area contributed by atoms with Gasteiger partial charge in [-0.05, 0) is 39.0 Å². The minimum Gasteiger partial charge on any atom is -0.387 e. The lowest BCUT2D eigenvalue weighted by atomic mass is 10.1. The molecule has 1 N–H and O–H groups in total. The van der Waals surface area contributed by atoms with E-state index in [4.69, 9.17) is 0 Å². The summed E-state index contributed by atoms with van der Waals surface area (Å²) in [6.07, 6.45) is -0.657. The van der Waals surface area contributed by atoms with Crippen molar-refractivity contribution in [1.29, 1.82) is 0 Å². The Labute approximate surface area is 110 Å². The van der Waals surface area contributed by atoms with Gasteiger partial charge in [0.05, 0.1) is 6.10 Å². The average molecular weight is 319 g/mol. The van der Waals surface area contributed by atoms with E-state index in [2.05, 4.69) is 15.9 Å². The van der Waals surface area contributed by atoms with Crippen molar-refractivity contribution in [3.63, 3.8) is 0 Å². The molecular formula is C12H9BrF2OS. The van der Waals surface area contributed by atoms with Gasteiger partial charge in [-0.3, -0.25) is 0 Å². The first-order chi connectivity index (χ1) is 8.08. The van der Waals surface area contributed by atoms with Crippen molar-refractivity contribution in [2.75, 3.05) is 0 Å². The van der Waals surface area contributed by atoms with Crippen molar-refractivity contribution in [2.45, 2.75) is 12.5 Å². The molecule has 1 aromatic carbocycles. The van der Waals surface area contributed by atoms with Crippen LogP contribution in [0.3, 0.4) is 0 Å². The number of thiophene rings is 1. The van der Waals surface area contributed by atoms with E-state index in [9.17, 15) is 13.9 Å². The van der Waals surface area contributed by atoms with Gasteiger partial charge in [0.25, 0.3) is 0 Å². The lowest BCUT2D eigenvalue weighted by molar-refractivity contribution is 0.180. The Morgan fingerprint density at radius 2 is 2.06 bits per heavy atom. The molecule has 0 amide bonds. The lowest BCUT2D eigenvalue weighted by Gasteiger charge is -2.10. The summed E-state index contributed by atoms with van der Waals surface area (Å²) in [4.78, 5) is 0.744. The fourth-order valence-electron chi connectivity index (χ4n) is 1.53. The van der Waals surface area contributed by atoms with Crippen molar-refractivity contribution in [3.05, 3.63) is 56.2 Å². The summed E-state index contributed by atoms with van der Waals surface area (Å²) < 4.78 is 26.9. The average Bonchev–Trinajstić information content (AvgIpc) is 2.68. The van der Waals surface area contributed by atoms with Gasteiger partial charge < -0.3 is 5.11 Å². The molecule has 0 saturated carbocycles. The maximum atomic E-state index is 13.4. The van der Waals surface area contributed by atoms with Crippen LogP contribution < -0.4 is 0 Å². The largest absolute Gasteiger partial charge is 0.387 e. The molecule has 0 aliphatic heterocycles. The first-order valence-corrected chi connectivity index (χ1v) is 6.60. The van der Waals surface area contributed by atoms with Crippen LogP contribution in [0.4, 0.5) is 8.78 Å². The molecule has 0 aliphatic carbocycles. The van der Waals surface area contributed by atoms with E-state index in [0.29, 0.717) is 5.56 Å². The highest BCUT2D eigenvalue weighted by molar-refractivity contribution is 9.10. The summed E-state index contributed by atoms with van der Waals surface area (Å²) in [5.41, 5.74) is 0.305. The summed E-state index contributed by atoms with van der Waals surface area (Å²) in [6, 6.07) is 5.19. The summed E-state index contributed by atoms with van der Waals surface area (Å²) in [5, 5.41) is 11.8. The predicted octanol–water partition coefficient (Wildman–Crippen LogP) is 4.06. The van der Waals surface area contributed by atoms with Gasteiger partial charge in [0.15, 0.2) is 0 Å². The first kappa shape index (κ1) is 12.7. The maximum Gasteiger partial charge on any atom is 0.129 e. The predicted molar refractivity (Wildman–Crippen MR) is 67.0 cm³/mol. The Bertz CT molecular complexity index is 527. The molecular weight excluding hydrogens is 310 g/mol. The quantitative estimate of drug-likeness (QED) is 0.904. The Morgan fingerprint density at radius 3 is 2.65 bits per heavy atom. The van der Waals surface area contributed by atoms with Gasteiger partial charge in [-0.2, -0.15) is 0 Å². The van der Waals surface area contributed by atoms with E-state index in [0.717, 1.165) is 15.4 Å². The van der Waals surface area contributed by atoms with Gasteiger partial charge in [-0.1, -0.05) is 6.07 Å². The number of hydrogen-bond donors (Lipinski definition) is 1. The van der Waals surface area contributed by atoms with Crippen LogP contribution in [-0.2, 0) is 6.42 Å². The number of hydrogen-bond acceptors (Lipinski definition) is 2. The van der Waals surface area contributed by atoms with Crippen LogP contribution in [0.15, 0.2) is 34.1 Å². The van der Waals surface area contributed by atoms with E-state index < -0.39 is 17.7 Å². The van der Waals surface area contributed by atoms with Crippen LogP contribution in [-0.4, -0.2) is 5.11 Å². The van der Waals surface area contributed by atoms with Crippen LogP contribution in [0, 0.1) is 11.6 Å². The Kier molecular flexibility index (Phi) is 3.91. The number of rotatable bonds is 3. The van der Waals surface area contributed by atoms with Crippen molar-refractivity contribution in [3.8, 4) is 0 Å². The maximum absolute atomic E-state index is 13.4. The highest BCUT2D eigenvalue weighted by Gasteiger charge is 2.15. The minimum absolute atomic E-state index is 0.130. The zero-order valence-corrected chi connectivity index (χ0v) is 11.1. The van der Waals surface area contributed by atoms with Crippen LogP contribution >= 0.6 is 27.3 Å². The van der Waals surface area contributed by atoms with Gasteiger partial charge in [-0.15, -0.1) is 11.3 Å². The topological polar surface area (TPSA) is 20.2 Å². The summed E-state index contributed by atoms with van der Waals surface area (Å²) in [7, 11) is 0. The Hall–Kier alpha value is -0.780. The standard InChI is InChI=1S/C12H9BrF2OS/c13-9-3-4-17-12(9)11(16)5-7-1-2-8(14)6-10(7)15/h1-4,6,11,16H,5H2. The van der Waals surface area contributed by atoms with Gasteiger partial charge in [0.2, 0.25) is 0 Å². The molecule has 17 heavy (non-hydrogen) atoms. The molecule has 0 saturated heterocycles. The summed E-state index contributed by atoms with van der Waals surface area (Å²) >= 11 is 4.70. The van der Waals surface area contributed by atoms with Gasteiger partial charge in [0, 0.05) is 21.8 Å². The molecule has 1 atom stereocenters. The van der Waals surface area contributed by atoms with E-state index in [1.165, 1.54) is 23.5 Å². The highest BCUT2D eigenvalue weighted by Crippen LogP contribution is 2.31. The van der Waals surface area contributed by atoms with E-state index in [1.807, 2.05) is 11.4 Å². The Morgan fingerprint density at radius 1 is 1.29 bits per heavy atom. The second-order valence-corrected chi connectivity index (χ2v) is 5.39. The van der Waals surface area contributed by atoms with Gasteiger partial charge >= 0.3 is 0 Å². The Balaban J connectivity index is 2.19. The smallest absolute Gasteiger partial charge is 0.129 e. The van der Waals surface area contributed by atoms with Crippen molar-refractivity contribution in [2.24, 2.45) is 0 Å². The molecule has 0 aliphatic rings. The zero-order chi connectivity index (χ0) is 12.4. The summed E-state index contributed by atoms with van der Waals surface area (Å²) in [5.74, 6) is -1.24. The second-order valence-electron chi connectivity index (χ2n) is 3.59. The molecule has 1 aromatic heterocycles. The molecule has 0 bridgehead atoms. The third kappa shape index (κ3) is 2.91. The van der Waals surface area contributed by atoms with E-state index >= 15 is 0 Å². The molecule has 2 rings (SSSR count). The number of halogens is 3. The molecule has 0 spiro atoms. The lowest BCUT2D eigenvalue weighted by Crippen LogP contribution is -2.02. The first-order valence-electron chi connectivity index (χ1n) is 4.93. The van der Waals surface area contributed by atoms with Crippen LogP contribution in [0.1, 0.15) is 16.5 Å². The number of aliphatic hydroxyl groups is 1. The fourth-order valence-corrected chi connectivity index (χ4v) is 3.15.